The Morgan fingerprint density at radius 3 is 2.52 bits per heavy atom. The van der Waals surface area contributed by atoms with Gasteiger partial charge >= 0.3 is 6.36 Å². The van der Waals surface area contributed by atoms with Crippen molar-refractivity contribution in [1.82, 2.24) is 20.3 Å². The van der Waals surface area contributed by atoms with Crippen LogP contribution in [0.25, 0.3) is 0 Å². The average molecular weight is 432 g/mol. The number of nitrogens with one attached hydrogen (secondary N) is 3. The molecule has 0 radical (unpaired) electrons. The second-order valence-electron chi connectivity index (χ2n) is 6.36. The van der Waals surface area contributed by atoms with Crippen LogP contribution in [0.4, 0.5) is 30.6 Å². The molecule has 8 nitrogen and oxygen atoms in total. The molecule has 1 aromatic carbocycles. The van der Waals surface area contributed by atoms with Crippen molar-refractivity contribution in [3.63, 3.8) is 0 Å². The van der Waals surface area contributed by atoms with Gasteiger partial charge in [0.2, 0.25) is 0 Å². The van der Waals surface area contributed by atoms with E-state index >= 15 is 0 Å². The van der Waals surface area contributed by atoms with Gasteiger partial charge in [-0.1, -0.05) is 12.1 Å². The highest BCUT2D eigenvalue weighted by Gasteiger charge is 2.32. The average Bonchev–Trinajstić information content (AvgIpc) is 2.71. The molecule has 3 aromatic rings. The summed E-state index contributed by atoms with van der Waals surface area (Å²) >= 11 is 0. The summed E-state index contributed by atoms with van der Waals surface area (Å²) in [4.78, 5) is 24.6. The Morgan fingerprint density at radius 2 is 1.74 bits per heavy atom. The standard InChI is InChI=1S/C20H19F3N6O2/c1-13-6-7-24-17(10-13)29-18-11-16(27-12-28-18)25-8-9-26-19(30)14-4-2-3-5-15(14)31-20(21,22)23/h2-7,10-12H,8-9H2,1H3,(H,26,30)(H2,24,25,27,28,29). The van der Waals surface area contributed by atoms with E-state index in [-0.39, 0.29) is 18.7 Å². The van der Waals surface area contributed by atoms with Crippen LogP contribution in [0, 0.1) is 6.92 Å². The number of hydrogen-bond donors (Lipinski definition) is 3. The topological polar surface area (TPSA) is 101 Å². The van der Waals surface area contributed by atoms with Crippen LogP contribution in [-0.4, -0.2) is 40.3 Å². The second kappa shape index (κ2) is 9.74. The molecule has 11 heteroatoms. The molecule has 0 saturated carbocycles. The number of rotatable bonds is 8. The molecule has 2 aromatic heterocycles. The highest BCUT2D eigenvalue weighted by molar-refractivity contribution is 5.96. The van der Waals surface area contributed by atoms with Crippen LogP contribution in [-0.2, 0) is 0 Å². The first-order valence-corrected chi connectivity index (χ1v) is 9.19. The smallest absolute Gasteiger partial charge is 0.405 e. The number of carbonyl (C=O) groups is 1. The van der Waals surface area contributed by atoms with Gasteiger partial charge in [0, 0.05) is 25.4 Å². The predicted octanol–water partition coefficient (Wildman–Crippen LogP) is 3.66. The normalized spacial score (nSPS) is 11.0. The van der Waals surface area contributed by atoms with E-state index in [4.69, 9.17) is 0 Å². The number of aromatic nitrogens is 3. The molecule has 31 heavy (non-hydrogen) atoms. The third-order valence-electron chi connectivity index (χ3n) is 3.91. The van der Waals surface area contributed by atoms with E-state index in [0.717, 1.165) is 11.6 Å². The van der Waals surface area contributed by atoms with E-state index in [9.17, 15) is 18.0 Å². The summed E-state index contributed by atoms with van der Waals surface area (Å²) in [6, 6.07) is 10.6. The molecule has 0 spiro atoms. The third kappa shape index (κ3) is 6.84. The number of para-hydroxylation sites is 1. The fourth-order valence-corrected chi connectivity index (χ4v) is 2.59. The third-order valence-corrected chi connectivity index (χ3v) is 3.91. The monoisotopic (exact) mass is 432 g/mol. The van der Waals surface area contributed by atoms with Gasteiger partial charge in [0.15, 0.2) is 0 Å². The van der Waals surface area contributed by atoms with Gasteiger partial charge in [-0.3, -0.25) is 4.79 Å². The van der Waals surface area contributed by atoms with Crippen molar-refractivity contribution in [3.8, 4) is 5.75 Å². The van der Waals surface area contributed by atoms with Crippen molar-refractivity contribution >= 4 is 23.4 Å². The Labute approximate surface area is 175 Å². The van der Waals surface area contributed by atoms with Gasteiger partial charge in [-0.15, -0.1) is 13.2 Å². The number of nitrogens with zero attached hydrogens (tertiary/aromatic N) is 3. The van der Waals surface area contributed by atoms with E-state index in [2.05, 4.69) is 35.6 Å². The lowest BCUT2D eigenvalue weighted by atomic mass is 10.2. The first-order chi connectivity index (χ1) is 14.8. The SMILES string of the molecule is Cc1ccnc(Nc2cc(NCCNC(=O)c3ccccc3OC(F)(F)F)ncn2)c1. The molecule has 162 valence electrons. The highest BCUT2D eigenvalue weighted by atomic mass is 19.4. The molecule has 3 rings (SSSR count). The number of amides is 1. The zero-order valence-corrected chi connectivity index (χ0v) is 16.4. The Kier molecular flexibility index (Phi) is 6.85. The summed E-state index contributed by atoms with van der Waals surface area (Å²) in [5.41, 5.74) is 0.835. The van der Waals surface area contributed by atoms with Crippen LogP contribution in [0.3, 0.4) is 0 Å². The molecule has 0 fully saturated rings. The van der Waals surface area contributed by atoms with Gasteiger partial charge in [0.1, 0.15) is 29.5 Å². The van der Waals surface area contributed by atoms with Crippen molar-refractivity contribution in [1.29, 1.82) is 0 Å². The summed E-state index contributed by atoms with van der Waals surface area (Å²) in [5.74, 6) is 0.420. The van der Waals surface area contributed by atoms with Crippen molar-refractivity contribution in [3.05, 3.63) is 66.1 Å². The number of aryl methyl sites for hydroxylation is 1. The number of ether oxygens (including phenoxy) is 1. The van der Waals surface area contributed by atoms with Gasteiger partial charge in [-0.2, -0.15) is 0 Å². The highest BCUT2D eigenvalue weighted by Crippen LogP contribution is 2.26. The molecule has 0 unspecified atom stereocenters. The lowest BCUT2D eigenvalue weighted by Crippen LogP contribution is -2.30. The van der Waals surface area contributed by atoms with E-state index in [1.165, 1.54) is 24.5 Å². The molecule has 3 N–H and O–H groups in total. The van der Waals surface area contributed by atoms with Crippen LogP contribution in [0.2, 0.25) is 0 Å². The van der Waals surface area contributed by atoms with Crippen molar-refractivity contribution in [2.75, 3.05) is 23.7 Å². The molecule has 0 aliphatic carbocycles. The largest absolute Gasteiger partial charge is 0.573 e. The first-order valence-electron chi connectivity index (χ1n) is 9.19. The summed E-state index contributed by atoms with van der Waals surface area (Å²) in [5, 5.41) is 8.60. The minimum Gasteiger partial charge on any atom is -0.405 e. The first kappa shape index (κ1) is 21.8. The lowest BCUT2D eigenvalue weighted by molar-refractivity contribution is -0.274. The minimum absolute atomic E-state index is 0.144. The number of halogens is 3. The van der Waals surface area contributed by atoms with Crippen LogP contribution in [0.5, 0.6) is 5.75 Å². The quantitative estimate of drug-likeness (QED) is 0.467. The summed E-state index contributed by atoms with van der Waals surface area (Å²) in [6.07, 6.45) is -1.84. The molecular weight excluding hydrogens is 413 g/mol. The maximum absolute atomic E-state index is 12.5. The Bertz CT molecular complexity index is 1050. The van der Waals surface area contributed by atoms with Gasteiger partial charge in [0.25, 0.3) is 5.91 Å². The summed E-state index contributed by atoms with van der Waals surface area (Å²) in [7, 11) is 0. The van der Waals surface area contributed by atoms with Gasteiger partial charge in [-0.05, 0) is 36.8 Å². The van der Waals surface area contributed by atoms with E-state index < -0.39 is 18.0 Å². The van der Waals surface area contributed by atoms with Crippen molar-refractivity contribution in [2.45, 2.75) is 13.3 Å². The molecule has 0 atom stereocenters. The molecular formula is C20H19F3N6O2. The Morgan fingerprint density at radius 1 is 1.00 bits per heavy atom. The number of anilines is 3. The second-order valence-corrected chi connectivity index (χ2v) is 6.36. The fourth-order valence-electron chi connectivity index (χ4n) is 2.59. The molecule has 0 aliphatic heterocycles. The number of benzene rings is 1. The maximum atomic E-state index is 12.5. The van der Waals surface area contributed by atoms with Crippen LogP contribution in [0.1, 0.15) is 15.9 Å². The van der Waals surface area contributed by atoms with E-state index in [0.29, 0.717) is 17.5 Å². The fraction of sp³-hybridized carbons (Fsp3) is 0.200. The molecule has 0 aliphatic rings. The van der Waals surface area contributed by atoms with E-state index in [1.54, 1.807) is 12.3 Å². The minimum atomic E-state index is -4.88. The van der Waals surface area contributed by atoms with Crippen molar-refractivity contribution in [2.24, 2.45) is 0 Å². The molecule has 0 saturated heterocycles. The van der Waals surface area contributed by atoms with Gasteiger partial charge < -0.3 is 20.7 Å². The van der Waals surface area contributed by atoms with Gasteiger partial charge in [0.05, 0.1) is 5.56 Å². The molecule has 1 amide bonds. The van der Waals surface area contributed by atoms with Crippen LogP contribution >= 0.6 is 0 Å². The van der Waals surface area contributed by atoms with Crippen molar-refractivity contribution < 1.29 is 22.7 Å². The van der Waals surface area contributed by atoms with E-state index in [1.807, 2.05) is 19.1 Å². The molecule has 0 bridgehead atoms. The van der Waals surface area contributed by atoms with Crippen LogP contribution < -0.4 is 20.7 Å². The number of pyridine rings is 1. The Hall–Kier alpha value is -3.89. The lowest BCUT2D eigenvalue weighted by Gasteiger charge is -2.13. The van der Waals surface area contributed by atoms with Gasteiger partial charge in [-0.25, -0.2) is 15.0 Å². The summed E-state index contributed by atoms with van der Waals surface area (Å²) < 4.78 is 41.3. The zero-order chi connectivity index (χ0) is 22.3. The number of hydrogen-bond acceptors (Lipinski definition) is 7. The zero-order valence-electron chi connectivity index (χ0n) is 16.4. The number of alkyl halides is 3. The Balaban J connectivity index is 1.52. The maximum Gasteiger partial charge on any atom is 0.573 e. The van der Waals surface area contributed by atoms with Crippen LogP contribution in [0.15, 0.2) is 55.0 Å². The number of carbonyl (C=O) groups excluding carboxylic acids is 1. The predicted molar refractivity (Wildman–Crippen MR) is 108 cm³/mol. The summed E-state index contributed by atoms with van der Waals surface area (Å²) in [6.45, 7) is 2.38. The molecule has 2 heterocycles.